The highest BCUT2D eigenvalue weighted by Gasteiger charge is 2.26. The Morgan fingerprint density at radius 3 is 2.70 bits per heavy atom. The van der Waals surface area contributed by atoms with Gasteiger partial charge in [-0.25, -0.2) is 4.99 Å². The molecule has 2 rings (SSSR count). The van der Waals surface area contributed by atoms with Gasteiger partial charge in [0, 0.05) is 19.2 Å². The van der Waals surface area contributed by atoms with Gasteiger partial charge >= 0.3 is 0 Å². The molecule has 1 aliphatic heterocycles. The molecule has 0 aromatic carbocycles. The van der Waals surface area contributed by atoms with Crippen molar-refractivity contribution >= 4 is 5.96 Å². The van der Waals surface area contributed by atoms with Crippen molar-refractivity contribution in [2.45, 2.75) is 50.7 Å². The van der Waals surface area contributed by atoms with E-state index in [4.69, 9.17) is 10.7 Å². The summed E-state index contributed by atoms with van der Waals surface area (Å²) in [6.07, 6.45) is 9.70. The van der Waals surface area contributed by atoms with E-state index < -0.39 is 5.66 Å². The maximum absolute atomic E-state index is 6.38. The highest BCUT2D eigenvalue weighted by atomic mass is 15.3. The molecular weight excluding hydrogens is 250 g/mol. The van der Waals surface area contributed by atoms with E-state index in [1.807, 2.05) is 12.3 Å². The van der Waals surface area contributed by atoms with E-state index in [-0.39, 0.29) is 0 Å². The molecule has 1 heterocycles. The summed E-state index contributed by atoms with van der Waals surface area (Å²) < 4.78 is 0. The standard InChI is InChI=1S/C15H29N5/c1-12-4-6-13(7-5-12)18-14-17-10-8-15(16,19-14)9-11-20(2)3/h8,10,12-13H,4-7,9,11,16H2,1-3H3,(H2,17,18,19). The average Bonchev–Trinajstić information content (AvgIpc) is 2.40. The van der Waals surface area contributed by atoms with Gasteiger partial charge in [-0.05, 0) is 51.8 Å². The predicted molar refractivity (Wildman–Crippen MR) is 84.4 cm³/mol. The average molecular weight is 279 g/mol. The Labute approximate surface area is 122 Å². The first-order chi connectivity index (χ1) is 9.47. The van der Waals surface area contributed by atoms with Crippen LogP contribution in [0, 0.1) is 5.92 Å². The number of nitrogens with two attached hydrogens (primary N) is 1. The van der Waals surface area contributed by atoms with Crippen LogP contribution in [-0.4, -0.2) is 43.2 Å². The van der Waals surface area contributed by atoms with Crippen molar-refractivity contribution in [3.63, 3.8) is 0 Å². The Kier molecular flexibility index (Phi) is 5.05. The molecule has 1 unspecified atom stereocenters. The minimum absolute atomic E-state index is 0.436. The van der Waals surface area contributed by atoms with E-state index in [0.29, 0.717) is 6.04 Å². The summed E-state index contributed by atoms with van der Waals surface area (Å²) in [5, 5.41) is 6.53. The Bertz CT molecular complexity index is 368. The zero-order valence-corrected chi connectivity index (χ0v) is 13.0. The summed E-state index contributed by atoms with van der Waals surface area (Å²) in [6, 6.07) is 0.436. The first-order valence-electron chi connectivity index (χ1n) is 7.71. The minimum atomic E-state index is -0.490. The van der Waals surface area contributed by atoms with Gasteiger partial charge in [-0.15, -0.1) is 0 Å². The maximum Gasteiger partial charge on any atom is 0.197 e. The summed E-state index contributed by atoms with van der Waals surface area (Å²) in [4.78, 5) is 6.95. The number of aliphatic imine (C=N–C) groups is 1. The molecule has 1 atom stereocenters. The summed E-state index contributed by atoms with van der Waals surface area (Å²) in [6.45, 7) is 3.28. The van der Waals surface area contributed by atoms with Crippen molar-refractivity contribution in [1.82, 2.24) is 15.5 Å². The molecule has 0 saturated heterocycles. The number of hydrogen-bond acceptors (Lipinski definition) is 3. The fourth-order valence-corrected chi connectivity index (χ4v) is 2.75. The summed E-state index contributed by atoms with van der Waals surface area (Å²) in [7, 11) is 4.12. The van der Waals surface area contributed by atoms with Crippen molar-refractivity contribution in [2.75, 3.05) is 20.6 Å². The SMILES string of the molecule is CC1CCC(N=C2NC=CC(N)(CCN(C)C)N2)CC1. The van der Waals surface area contributed by atoms with Crippen molar-refractivity contribution in [2.24, 2.45) is 16.6 Å². The van der Waals surface area contributed by atoms with Gasteiger partial charge < -0.3 is 21.3 Å². The molecule has 5 heteroatoms. The molecular formula is C15H29N5. The molecule has 114 valence electrons. The zero-order chi connectivity index (χ0) is 14.6. The summed E-state index contributed by atoms with van der Waals surface area (Å²) >= 11 is 0. The molecule has 0 bridgehead atoms. The van der Waals surface area contributed by atoms with Crippen LogP contribution < -0.4 is 16.4 Å². The van der Waals surface area contributed by atoms with Gasteiger partial charge in [-0.1, -0.05) is 6.92 Å². The molecule has 0 aromatic heterocycles. The van der Waals surface area contributed by atoms with E-state index in [0.717, 1.165) is 24.8 Å². The van der Waals surface area contributed by atoms with E-state index in [2.05, 4.69) is 36.6 Å². The third-order valence-corrected chi connectivity index (χ3v) is 4.22. The number of nitrogens with zero attached hydrogens (tertiary/aromatic N) is 2. The fourth-order valence-electron chi connectivity index (χ4n) is 2.75. The highest BCUT2D eigenvalue weighted by Crippen LogP contribution is 2.25. The molecule has 0 spiro atoms. The second-order valence-electron chi connectivity index (χ2n) is 6.59. The topological polar surface area (TPSA) is 65.7 Å². The van der Waals surface area contributed by atoms with Crippen LogP contribution in [0.25, 0.3) is 0 Å². The van der Waals surface area contributed by atoms with Gasteiger partial charge in [0.2, 0.25) is 0 Å². The first kappa shape index (κ1) is 15.3. The first-order valence-corrected chi connectivity index (χ1v) is 7.71. The lowest BCUT2D eigenvalue weighted by Crippen LogP contribution is -2.61. The predicted octanol–water partition coefficient (Wildman–Crippen LogP) is 1.23. The molecule has 0 aromatic rings. The van der Waals surface area contributed by atoms with Crippen LogP contribution in [0.2, 0.25) is 0 Å². The molecule has 2 aliphatic rings. The van der Waals surface area contributed by atoms with Crippen molar-refractivity contribution in [3.8, 4) is 0 Å². The van der Waals surface area contributed by atoms with Gasteiger partial charge in [0.15, 0.2) is 5.96 Å². The van der Waals surface area contributed by atoms with Crippen LogP contribution in [0.1, 0.15) is 39.0 Å². The summed E-state index contributed by atoms with van der Waals surface area (Å²) in [5.41, 5.74) is 5.89. The van der Waals surface area contributed by atoms with Crippen LogP contribution >= 0.6 is 0 Å². The Morgan fingerprint density at radius 2 is 2.05 bits per heavy atom. The van der Waals surface area contributed by atoms with Crippen molar-refractivity contribution < 1.29 is 0 Å². The smallest absolute Gasteiger partial charge is 0.197 e. The van der Waals surface area contributed by atoms with Crippen LogP contribution in [0.4, 0.5) is 0 Å². The second-order valence-corrected chi connectivity index (χ2v) is 6.59. The Balaban J connectivity index is 1.92. The number of rotatable bonds is 4. The van der Waals surface area contributed by atoms with Crippen molar-refractivity contribution in [3.05, 3.63) is 12.3 Å². The van der Waals surface area contributed by atoms with E-state index in [1.165, 1.54) is 25.7 Å². The van der Waals surface area contributed by atoms with Crippen LogP contribution in [0.15, 0.2) is 17.3 Å². The fraction of sp³-hybridized carbons (Fsp3) is 0.800. The molecule has 0 amide bonds. The van der Waals surface area contributed by atoms with Gasteiger partial charge in [-0.2, -0.15) is 0 Å². The number of nitrogens with one attached hydrogen (secondary N) is 2. The van der Waals surface area contributed by atoms with Crippen LogP contribution in [0.5, 0.6) is 0 Å². The van der Waals surface area contributed by atoms with Crippen molar-refractivity contribution in [1.29, 1.82) is 0 Å². The third kappa shape index (κ3) is 4.49. The molecule has 20 heavy (non-hydrogen) atoms. The lowest BCUT2D eigenvalue weighted by molar-refractivity contribution is 0.329. The van der Waals surface area contributed by atoms with E-state index in [1.54, 1.807) is 0 Å². The second kappa shape index (κ2) is 6.59. The maximum atomic E-state index is 6.38. The summed E-state index contributed by atoms with van der Waals surface area (Å²) in [5.74, 6) is 1.68. The third-order valence-electron chi connectivity index (χ3n) is 4.22. The van der Waals surface area contributed by atoms with Crippen LogP contribution in [-0.2, 0) is 0 Å². The van der Waals surface area contributed by atoms with Crippen LogP contribution in [0.3, 0.4) is 0 Å². The van der Waals surface area contributed by atoms with Gasteiger partial charge in [0.1, 0.15) is 5.66 Å². The van der Waals surface area contributed by atoms with E-state index >= 15 is 0 Å². The Morgan fingerprint density at radius 1 is 1.35 bits per heavy atom. The molecule has 4 N–H and O–H groups in total. The monoisotopic (exact) mass is 279 g/mol. The highest BCUT2D eigenvalue weighted by molar-refractivity contribution is 5.83. The largest absolute Gasteiger partial charge is 0.335 e. The molecule has 0 radical (unpaired) electrons. The molecule has 5 nitrogen and oxygen atoms in total. The lowest BCUT2D eigenvalue weighted by atomic mass is 9.88. The number of guanidine groups is 1. The molecule has 1 saturated carbocycles. The molecule has 1 aliphatic carbocycles. The zero-order valence-electron chi connectivity index (χ0n) is 13.0. The Hall–Kier alpha value is -1.07. The van der Waals surface area contributed by atoms with Gasteiger partial charge in [0.05, 0.1) is 6.04 Å². The minimum Gasteiger partial charge on any atom is -0.335 e. The van der Waals surface area contributed by atoms with E-state index in [9.17, 15) is 0 Å². The lowest BCUT2D eigenvalue weighted by Gasteiger charge is -2.34. The molecule has 1 fully saturated rings. The number of hydrogen-bond donors (Lipinski definition) is 3. The van der Waals surface area contributed by atoms with Gasteiger partial charge in [-0.3, -0.25) is 0 Å². The quantitative estimate of drug-likeness (QED) is 0.724. The normalized spacial score (nSPS) is 36.0. The van der Waals surface area contributed by atoms with Gasteiger partial charge in [0.25, 0.3) is 0 Å².